The van der Waals surface area contributed by atoms with E-state index in [0.29, 0.717) is 5.56 Å². The van der Waals surface area contributed by atoms with Crippen LogP contribution in [0.2, 0.25) is 0 Å². The molecule has 0 saturated carbocycles. The van der Waals surface area contributed by atoms with Crippen molar-refractivity contribution in [3.05, 3.63) is 65.4 Å². The van der Waals surface area contributed by atoms with Gasteiger partial charge in [-0.1, -0.05) is 24.3 Å². The number of benzene rings is 1. The number of alkyl halides is 3. The predicted molar refractivity (Wildman–Crippen MR) is 140 cm³/mol. The van der Waals surface area contributed by atoms with E-state index in [1.54, 1.807) is 36.2 Å². The Kier molecular flexibility index (Phi) is 7.71. The number of rotatable bonds is 6. The van der Waals surface area contributed by atoms with Crippen molar-refractivity contribution in [2.45, 2.75) is 31.1 Å². The summed E-state index contributed by atoms with van der Waals surface area (Å²) in [4.78, 5) is 34.6. The van der Waals surface area contributed by atoms with E-state index < -0.39 is 30.1 Å². The number of aromatic nitrogens is 3. The van der Waals surface area contributed by atoms with Crippen molar-refractivity contribution >= 4 is 23.7 Å². The fourth-order valence-corrected chi connectivity index (χ4v) is 5.12. The Balaban J connectivity index is 1.47. The van der Waals surface area contributed by atoms with Crippen molar-refractivity contribution < 1.29 is 31.9 Å². The van der Waals surface area contributed by atoms with Gasteiger partial charge in [-0.05, 0) is 18.1 Å². The number of amides is 2. The van der Waals surface area contributed by atoms with E-state index in [4.69, 9.17) is 20.3 Å². The van der Waals surface area contributed by atoms with Crippen molar-refractivity contribution in [2.24, 2.45) is 5.73 Å². The maximum Gasteiger partial charge on any atom is 0.409 e. The van der Waals surface area contributed by atoms with Crippen LogP contribution in [0.15, 0.2) is 47.3 Å². The third-order valence-electron chi connectivity index (χ3n) is 7.19. The number of ether oxygens (including phenoxy) is 1. The fourth-order valence-electron chi connectivity index (χ4n) is 5.12. The van der Waals surface area contributed by atoms with Crippen LogP contribution in [0.25, 0.3) is 0 Å². The summed E-state index contributed by atoms with van der Waals surface area (Å²) in [6.07, 6.45) is -2.27. The van der Waals surface area contributed by atoms with Gasteiger partial charge in [-0.2, -0.15) is 22.8 Å². The fraction of sp³-hybridized carbons (Fsp3) is 0.423. The number of morpholine rings is 1. The molecular weight excluding hydrogens is 545 g/mol. The minimum atomic E-state index is -4.76. The molecule has 3 N–H and O–H groups in total. The van der Waals surface area contributed by atoms with E-state index >= 15 is 0 Å². The van der Waals surface area contributed by atoms with Gasteiger partial charge in [0, 0.05) is 38.8 Å². The summed E-state index contributed by atoms with van der Waals surface area (Å²) in [5.41, 5.74) is 6.98. The minimum Gasteiger partial charge on any atom is -0.472 e. The monoisotopic (exact) mass is 574 g/mol. The van der Waals surface area contributed by atoms with Gasteiger partial charge < -0.3 is 29.6 Å². The van der Waals surface area contributed by atoms with E-state index in [-0.39, 0.29) is 69.0 Å². The van der Waals surface area contributed by atoms with Crippen LogP contribution < -0.4 is 10.6 Å². The second kappa shape index (κ2) is 11.2. The molecule has 218 valence electrons. The van der Waals surface area contributed by atoms with E-state index in [2.05, 4.69) is 10.1 Å². The van der Waals surface area contributed by atoms with Crippen molar-refractivity contribution in [2.75, 3.05) is 44.8 Å². The lowest BCUT2D eigenvalue weighted by molar-refractivity contribution is -0.174. The summed E-state index contributed by atoms with van der Waals surface area (Å²) in [5, 5.41) is 11.8. The van der Waals surface area contributed by atoms with Gasteiger partial charge in [-0.25, -0.2) is 4.79 Å². The zero-order valence-electron chi connectivity index (χ0n) is 22.2. The molecule has 3 aromatic rings. The smallest absolute Gasteiger partial charge is 0.409 e. The second-order valence-corrected chi connectivity index (χ2v) is 9.92. The largest absolute Gasteiger partial charge is 0.472 e. The average molecular weight is 575 g/mol. The number of hydrogen-bond donors (Lipinski definition) is 2. The number of furan rings is 1. The molecule has 2 atom stereocenters. The number of carbonyl (C=O) groups is 2. The van der Waals surface area contributed by atoms with Crippen LogP contribution >= 0.6 is 0 Å². The number of halogens is 3. The number of hydrogen-bond acceptors (Lipinski definition) is 8. The second-order valence-electron chi connectivity index (χ2n) is 9.92. The van der Waals surface area contributed by atoms with Crippen LogP contribution in [0.5, 0.6) is 0 Å². The lowest BCUT2D eigenvalue weighted by Crippen LogP contribution is -2.54. The molecule has 12 nitrogen and oxygen atoms in total. The Labute approximate surface area is 233 Å². The highest BCUT2D eigenvalue weighted by Crippen LogP contribution is 2.42. The number of anilines is 1. The lowest BCUT2D eigenvalue weighted by Gasteiger charge is -2.35. The normalized spacial score (nSPS) is 19.4. The SMILES string of the molecule is CN(Cc1ccc(C(=N)N)cc1)c1nc(C2CCN(C(=O)N3CCOCC3)C2C(F)(F)F)nn1C(=O)c1ccoc1. The van der Waals surface area contributed by atoms with Gasteiger partial charge in [0.1, 0.15) is 18.1 Å². The van der Waals surface area contributed by atoms with E-state index in [1.165, 1.54) is 23.5 Å². The number of urea groups is 1. The van der Waals surface area contributed by atoms with Gasteiger partial charge in [0.15, 0.2) is 5.82 Å². The van der Waals surface area contributed by atoms with Crippen LogP contribution in [0, 0.1) is 5.41 Å². The molecule has 2 aliphatic rings. The van der Waals surface area contributed by atoms with Gasteiger partial charge in [-0.15, -0.1) is 5.10 Å². The quantitative estimate of drug-likeness (QED) is 0.338. The predicted octanol–water partition coefficient (Wildman–Crippen LogP) is 2.65. The van der Waals surface area contributed by atoms with Gasteiger partial charge in [0.25, 0.3) is 5.91 Å². The number of likely N-dealkylation sites (tertiary alicyclic amines) is 1. The summed E-state index contributed by atoms with van der Waals surface area (Å²) < 4.78 is 54.7. The molecule has 5 rings (SSSR count). The van der Waals surface area contributed by atoms with Crippen molar-refractivity contribution in [3.63, 3.8) is 0 Å². The van der Waals surface area contributed by atoms with Gasteiger partial charge in [-0.3, -0.25) is 10.2 Å². The molecule has 0 aliphatic carbocycles. The number of nitrogens with zero attached hydrogens (tertiary/aromatic N) is 6. The molecule has 2 aliphatic heterocycles. The Morgan fingerprint density at radius 1 is 1.12 bits per heavy atom. The molecule has 0 radical (unpaired) electrons. The molecule has 41 heavy (non-hydrogen) atoms. The maximum absolute atomic E-state index is 14.5. The molecule has 0 bridgehead atoms. The Morgan fingerprint density at radius 3 is 2.44 bits per heavy atom. The highest BCUT2D eigenvalue weighted by molar-refractivity contribution is 5.96. The number of carbonyl (C=O) groups excluding carboxylic acids is 2. The summed E-state index contributed by atoms with van der Waals surface area (Å²) >= 11 is 0. The molecule has 2 unspecified atom stereocenters. The molecule has 2 fully saturated rings. The summed E-state index contributed by atoms with van der Waals surface area (Å²) in [5.74, 6) is -2.15. The molecule has 2 aromatic heterocycles. The van der Waals surface area contributed by atoms with Crippen molar-refractivity contribution in [1.82, 2.24) is 24.6 Å². The number of nitrogens with one attached hydrogen (secondary N) is 1. The Morgan fingerprint density at radius 2 is 1.83 bits per heavy atom. The molecular formula is C26H29F3N8O4. The van der Waals surface area contributed by atoms with Gasteiger partial charge in [0.05, 0.1) is 31.0 Å². The number of amidine groups is 1. The third-order valence-corrected chi connectivity index (χ3v) is 7.19. The Bertz CT molecular complexity index is 1400. The average Bonchev–Trinajstić information content (AvgIpc) is 3.72. The Hall–Kier alpha value is -4.40. The third kappa shape index (κ3) is 5.75. The van der Waals surface area contributed by atoms with E-state index in [0.717, 1.165) is 15.1 Å². The first-order valence-electron chi connectivity index (χ1n) is 12.9. The van der Waals surface area contributed by atoms with Crippen molar-refractivity contribution in [1.29, 1.82) is 5.41 Å². The molecule has 2 saturated heterocycles. The van der Waals surface area contributed by atoms with Crippen LogP contribution in [0.4, 0.5) is 23.9 Å². The lowest BCUT2D eigenvalue weighted by atomic mass is 9.99. The van der Waals surface area contributed by atoms with E-state index in [1.807, 2.05) is 0 Å². The first-order valence-corrected chi connectivity index (χ1v) is 12.9. The number of nitrogens with two attached hydrogens (primary N) is 1. The topological polar surface area (TPSA) is 147 Å². The zero-order valence-corrected chi connectivity index (χ0v) is 22.2. The molecule has 2 amide bonds. The standard InChI is InChI=1S/C26H29F3N8O4/c1-34(14-16-2-4-17(5-3-16)21(30)31)24-32-22(33-37(24)23(38)18-7-11-41-15-18)19-6-8-36(20(19)26(27,28)29)25(39)35-9-12-40-13-10-35/h2-5,7,11,15,19-20H,6,8-10,12-14H2,1H3,(H3,30,31). The first kappa shape index (κ1) is 28.1. The minimum absolute atomic E-state index is 0.0279. The molecule has 1 aromatic carbocycles. The van der Waals surface area contributed by atoms with Crippen LogP contribution in [-0.4, -0.2) is 94.5 Å². The highest BCUT2D eigenvalue weighted by atomic mass is 19.4. The molecule has 4 heterocycles. The zero-order chi connectivity index (χ0) is 29.3. The summed E-state index contributed by atoms with van der Waals surface area (Å²) in [7, 11) is 1.63. The maximum atomic E-state index is 14.5. The summed E-state index contributed by atoms with van der Waals surface area (Å²) in [6, 6.07) is 5.39. The van der Waals surface area contributed by atoms with Crippen LogP contribution in [0.3, 0.4) is 0 Å². The van der Waals surface area contributed by atoms with Gasteiger partial charge in [0.2, 0.25) is 5.95 Å². The highest BCUT2D eigenvalue weighted by Gasteiger charge is 2.56. The number of nitrogen functional groups attached to an aromatic ring is 1. The van der Waals surface area contributed by atoms with E-state index in [9.17, 15) is 22.8 Å². The summed E-state index contributed by atoms with van der Waals surface area (Å²) in [6.45, 7) is 1.02. The van der Waals surface area contributed by atoms with Gasteiger partial charge >= 0.3 is 12.2 Å². The van der Waals surface area contributed by atoms with Crippen LogP contribution in [-0.2, 0) is 11.3 Å². The molecule has 0 spiro atoms. The molecule has 15 heteroatoms. The first-order chi connectivity index (χ1) is 19.5. The van der Waals surface area contributed by atoms with Crippen molar-refractivity contribution in [3.8, 4) is 0 Å². The van der Waals surface area contributed by atoms with Crippen LogP contribution in [0.1, 0.15) is 39.6 Å².